The van der Waals surface area contributed by atoms with E-state index in [0.717, 1.165) is 16.9 Å². The van der Waals surface area contributed by atoms with Crippen molar-refractivity contribution in [2.75, 3.05) is 19.0 Å². The summed E-state index contributed by atoms with van der Waals surface area (Å²) < 4.78 is 0. The van der Waals surface area contributed by atoms with Gasteiger partial charge in [-0.1, -0.05) is 43.3 Å². The minimum absolute atomic E-state index is 0.0515. The summed E-state index contributed by atoms with van der Waals surface area (Å²) in [5.41, 5.74) is 0.386. The highest BCUT2D eigenvalue weighted by Crippen LogP contribution is 2.22. The van der Waals surface area contributed by atoms with Gasteiger partial charge < -0.3 is 9.80 Å². The summed E-state index contributed by atoms with van der Waals surface area (Å²) in [6.45, 7) is 7.33. The molecular weight excluding hydrogens is 392 g/mol. The van der Waals surface area contributed by atoms with Gasteiger partial charge in [0.2, 0.25) is 11.8 Å². The van der Waals surface area contributed by atoms with E-state index in [1.807, 2.05) is 73.5 Å². The highest BCUT2D eigenvalue weighted by molar-refractivity contribution is 7.09. The fourth-order valence-electron chi connectivity index (χ4n) is 2.90. The second kappa shape index (κ2) is 10.6. The molecule has 6 heteroatoms. The third-order valence-electron chi connectivity index (χ3n) is 4.52. The lowest BCUT2D eigenvalue weighted by Crippen LogP contribution is -2.47. The minimum atomic E-state index is -0.685. The molecule has 0 saturated carbocycles. The predicted octanol–water partition coefficient (Wildman–Crippen LogP) is 4.78. The van der Waals surface area contributed by atoms with E-state index in [9.17, 15) is 9.59 Å². The molecule has 0 radical (unpaired) electrons. The fourth-order valence-corrected chi connectivity index (χ4v) is 3.73. The fraction of sp³-hybridized carbons (Fsp3) is 0.455. The van der Waals surface area contributed by atoms with Crippen molar-refractivity contribution in [1.29, 1.82) is 0 Å². The number of amides is 2. The Balaban J connectivity index is 2.17. The lowest BCUT2D eigenvalue weighted by atomic mass is 9.94. The van der Waals surface area contributed by atoms with Gasteiger partial charge in [0.25, 0.3) is 0 Å². The topological polar surface area (TPSA) is 40.6 Å². The summed E-state index contributed by atoms with van der Waals surface area (Å²) in [6.07, 6.45) is 0.793. The van der Waals surface area contributed by atoms with Crippen LogP contribution in [0.5, 0.6) is 0 Å². The third-order valence-corrected chi connectivity index (χ3v) is 6.04. The van der Waals surface area contributed by atoms with E-state index in [0.29, 0.717) is 19.6 Å². The van der Waals surface area contributed by atoms with E-state index in [1.165, 1.54) is 0 Å². The number of carbonyl (C=O) groups excluding carboxylic acids is 2. The van der Waals surface area contributed by atoms with Crippen LogP contribution in [0.15, 0.2) is 47.8 Å². The van der Waals surface area contributed by atoms with Gasteiger partial charge in [-0.25, -0.2) is 0 Å². The highest BCUT2D eigenvalue weighted by atomic mass is 35.5. The quantitative estimate of drug-likeness (QED) is 0.519. The number of carbonyl (C=O) groups is 2. The third kappa shape index (κ3) is 6.35. The first-order valence-electron chi connectivity index (χ1n) is 9.56. The number of thiophene rings is 1. The lowest BCUT2D eigenvalue weighted by molar-refractivity contribution is -0.145. The minimum Gasteiger partial charge on any atom is -0.333 e. The number of alkyl halides is 1. The summed E-state index contributed by atoms with van der Waals surface area (Å²) in [5.74, 6) is 0.0984. The first-order chi connectivity index (χ1) is 13.4. The largest absolute Gasteiger partial charge is 0.333 e. The molecule has 0 bridgehead atoms. The number of hydrogen-bond acceptors (Lipinski definition) is 3. The molecule has 0 fully saturated rings. The van der Waals surface area contributed by atoms with Crippen LogP contribution in [0.1, 0.15) is 37.6 Å². The molecule has 0 aliphatic heterocycles. The number of benzene rings is 1. The first kappa shape index (κ1) is 22.4. The lowest BCUT2D eigenvalue weighted by Gasteiger charge is -2.32. The maximum absolute atomic E-state index is 13.2. The molecule has 2 rings (SSSR count). The zero-order valence-electron chi connectivity index (χ0n) is 16.9. The van der Waals surface area contributed by atoms with Crippen molar-refractivity contribution in [2.45, 2.75) is 40.3 Å². The average molecular weight is 421 g/mol. The Labute approximate surface area is 177 Å². The van der Waals surface area contributed by atoms with E-state index < -0.39 is 5.41 Å². The zero-order valence-corrected chi connectivity index (χ0v) is 18.4. The molecular formula is C22H29ClN2O2S. The van der Waals surface area contributed by atoms with Gasteiger partial charge in [0, 0.05) is 23.8 Å². The van der Waals surface area contributed by atoms with Crippen LogP contribution in [0.2, 0.25) is 0 Å². The van der Waals surface area contributed by atoms with Crippen molar-refractivity contribution in [1.82, 2.24) is 9.80 Å². The molecule has 0 N–H and O–H groups in total. The first-order valence-corrected chi connectivity index (χ1v) is 11.0. The van der Waals surface area contributed by atoms with Crippen molar-refractivity contribution in [3.8, 4) is 0 Å². The van der Waals surface area contributed by atoms with Crippen molar-refractivity contribution >= 4 is 34.8 Å². The molecule has 2 amide bonds. The summed E-state index contributed by atoms with van der Waals surface area (Å²) in [4.78, 5) is 30.7. The smallest absolute Gasteiger partial charge is 0.242 e. The van der Waals surface area contributed by atoms with E-state index in [2.05, 4.69) is 0 Å². The summed E-state index contributed by atoms with van der Waals surface area (Å²) >= 11 is 7.62. The molecule has 0 saturated heterocycles. The summed E-state index contributed by atoms with van der Waals surface area (Å²) in [5, 5.41) is 2.01. The Hall–Kier alpha value is -1.85. The average Bonchev–Trinajstić information content (AvgIpc) is 3.20. The number of rotatable bonds is 10. The molecule has 0 unspecified atom stereocenters. The van der Waals surface area contributed by atoms with Gasteiger partial charge >= 0.3 is 0 Å². The molecule has 0 atom stereocenters. The van der Waals surface area contributed by atoms with Crippen LogP contribution in [0, 0.1) is 5.41 Å². The highest BCUT2D eigenvalue weighted by Gasteiger charge is 2.32. The number of nitrogens with zero attached hydrogens (tertiary/aromatic N) is 2. The van der Waals surface area contributed by atoms with Crippen LogP contribution in [-0.2, 0) is 22.7 Å². The van der Waals surface area contributed by atoms with Crippen molar-refractivity contribution in [3.05, 3.63) is 58.3 Å². The Bertz CT molecular complexity index is 747. The number of halogens is 1. The Morgan fingerprint density at radius 1 is 1.04 bits per heavy atom. The second-order valence-corrected chi connectivity index (χ2v) is 8.86. The van der Waals surface area contributed by atoms with Crippen LogP contribution >= 0.6 is 22.9 Å². The monoisotopic (exact) mass is 420 g/mol. The van der Waals surface area contributed by atoms with Gasteiger partial charge in [-0.05, 0) is 37.3 Å². The maximum Gasteiger partial charge on any atom is 0.242 e. The van der Waals surface area contributed by atoms with Crippen molar-refractivity contribution in [2.24, 2.45) is 5.41 Å². The van der Waals surface area contributed by atoms with E-state index in [-0.39, 0.29) is 24.2 Å². The van der Waals surface area contributed by atoms with E-state index >= 15 is 0 Å². The molecule has 1 heterocycles. The normalized spacial score (nSPS) is 11.3. The Kier molecular flexibility index (Phi) is 8.52. The van der Waals surface area contributed by atoms with Crippen LogP contribution in [0.25, 0.3) is 0 Å². The summed E-state index contributed by atoms with van der Waals surface area (Å²) in [7, 11) is 0. The van der Waals surface area contributed by atoms with Crippen molar-refractivity contribution < 1.29 is 9.59 Å². The van der Waals surface area contributed by atoms with Crippen LogP contribution < -0.4 is 0 Å². The van der Waals surface area contributed by atoms with Gasteiger partial charge in [0.15, 0.2) is 0 Å². The zero-order chi connectivity index (χ0) is 20.6. The molecule has 28 heavy (non-hydrogen) atoms. The van der Waals surface area contributed by atoms with Gasteiger partial charge in [-0.15, -0.1) is 22.9 Å². The molecule has 2 aromatic rings. The van der Waals surface area contributed by atoms with Gasteiger partial charge in [0.1, 0.15) is 0 Å². The molecule has 0 spiro atoms. The van der Waals surface area contributed by atoms with Gasteiger partial charge in [-0.2, -0.15) is 0 Å². The molecule has 0 aliphatic carbocycles. The molecule has 152 valence electrons. The number of hydrogen-bond donors (Lipinski definition) is 0. The second-order valence-electron chi connectivity index (χ2n) is 7.56. The molecule has 0 aliphatic rings. The molecule has 1 aromatic carbocycles. The Morgan fingerprint density at radius 2 is 1.75 bits per heavy atom. The van der Waals surface area contributed by atoms with Crippen LogP contribution in [-0.4, -0.2) is 40.6 Å². The van der Waals surface area contributed by atoms with E-state index in [1.54, 1.807) is 16.2 Å². The Morgan fingerprint density at radius 3 is 2.32 bits per heavy atom. The van der Waals surface area contributed by atoms with E-state index in [4.69, 9.17) is 11.6 Å². The SMILES string of the molecule is CCCN(CC(=O)N(Cc1ccccc1)Cc1cccs1)C(=O)C(C)(C)CCl. The summed E-state index contributed by atoms with van der Waals surface area (Å²) in [6, 6.07) is 14.0. The molecule has 4 nitrogen and oxygen atoms in total. The van der Waals surface area contributed by atoms with Crippen LogP contribution in [0.4, 0.5) is 0 Å². The standard InChI is InChI=1S/C22H29ClN2O2S/c1-4-12-24(21(27)22(2,3)17-23)16-20(26)25(15-19-11-8-13-28-19)14-18-9-6-5-7-10-18/h5-11,13H,4,12,14-17H2,1-3H3. The maximum atomic E-state index is 13.2. The molecule has 1 aromatic heterocycles. The van der Waals surface area contributed by atoms with Gasteiger partial charge in [-0.3, -0.25) is 9.59 Å². The van der Waals surface area contributed by atoms with Crippen LogP contribution in [0.3, 0.4) is 0 Å². The van der Waals surface area contributed by atoms with Gasteiger partial charge in [0.05, 0.1) is 18.5 Å². The predicted molar refractivity (Wildman–Crippen MR) is 116 cm³/mol. The van der Waals surface area contributed by atoms with Crippen molar-refractivity contribution in [3.63, 3.8) is 0 Å².